The van der Waals surface area contributed by atoms with Crippen LogP contribution in [0.15, 0.2) is 0 Å². The standard InChI is InChI=1S/C7H15Cl2N2O4P/c8-2-4-11(5-3-9)16(13)10-7(15-12)1-6-14-16/h7,12H,1-6H2,(H,10,13)/t7-,16?/m0/s1. The zero-order valence-corrected chi connectivity index (χ0v) is 11.0. The van der Waals surface area contributed by atoms with Gasteiger partial charge in [0.25, 0.3) is 0 Å². The van der Waals surface area contributed by atoms with Crippen LogP contribution in [-0.4, -0.2) is 47.6 Å². The lowest BCUT2D eigenvalue weighted by molar-refractivity contribution is -0.286. The first-order chi connectivity index (χ1) is 7.66. The molecule has 0 radical (unpaired) electrons. The van der Waals surface area contributed by atoms with E-state index < -0.39 is 13.9 Å². The molecule has 1 heterocycles. The van der Waals surface area contributed by atoms with E-state index in [0.29, 0.717) is 31.3 Å². The number of rotatable bonds is 6. The van der Waals surface area contributed by atoms with Crippen molar-refractivity contribution < 1.29 is 19.2 Å². The fraction of sp³-hybridized carbons (Fsp3) is 1.00. The lowest BCUT2D eigenvalue weighted by Crippen LogP contribution is -2.42. The van der Waals surface area contributed by atoms with Gasteiger partial charge in [-0.2, -0.15) is 0 Å². The highest BCUT2D eigenvalue weighted by molar-refractivity contribution is 7.54. The highest BCUT2D eigenvalue weighted by Crippen LogP contribution is 2.49. The van der Waals surface area contributed by atoms with Gasteiger partial charge in [0.2, 0.25) is 0 Å². The highest BCUT2D eigenvalue weighted by Gasteiger charge is 2.37. The summed E-state index contributed by atoms with van der Waals surface area (Å²) in [5.74, 6) is 0.632. The zero-order valence-electron chi connectivity index (χ0n) is 8.64. The van der Waals surface area contributed by atoms with Gasteiger partial charge in [0.05, 0.1) is 6.61 Å². The smallest absolute Gasteiger partial charge is 0.306 e. The van der Waals surface area contributed by atoms with Crippen molar-refractivity contribution in [3.63, 3.8) is 0 Å². The predicted molar refractivity (Wildman–Crippen MR) is 61.8 cm³/mol. The Morgan fingerprint density at radius 2 is 2.12 bits per heavy atom. The molecule has 0 aliphatic carbocycles. The molecule has 0 spiro atoms. The van der Waals surface area contributed by atoms with Crippen molar-refractivity contribution in [3.8, 4) is 0 Å². The van der Waals surface area contributed by atoms with Crippen LogP contribution in [0.4, 0.5) is 0 Å². The number of halogens is 2. The summed E-state index contributed by atoms with van der Waals surface area (Å²) in [6.07, 6.45) is -0.261. The highest BCUT2D eigenvalue weighted by atomic mass is 35.5. The Bertz CT molecular complexity index is 253. The predicted octanol–water partition coefficient (Wildman–Crippen LogP) is 1.70. The summed E-state index contributed by atoms with van der Waals surface area (Å²) in [4.78, 5) is 4.14. The minimum Gasteiger partial charge on any atom is -0.306 e. The fourth-order valence-corrected chi connectivity index (χ4v) is 4.04. The van der Waals surface area contributed by atoms with Gasteiger partial charge < -0.3 is 4.52 Å². The van der Waals surface area contributed by atoms with Gasteiger partial charge in [-0.3, -0.25) is 9.82 Å². The van der Waals surface area contributed by atoms with E-state index >= 15 is 0 Å². The molecule has 2 N–H and O–H groups in total. The zero-order chi connectivity index (χ0) is 12.0. The first-order valence-electron chi connectivity index (χ1n) is 4.86. The second-order valence-corrected chi connectivity index (χ2v) is 6.08. The second kappa shape index (κ2) is 7.13. The maximum Gasteiger partial charge on any atom is 0.345 e. The Morgan fingerprint density at radius 3 is 2.62 bits per heavy atom. The summed E-state index contributed by atoms with van der Waals surface area (Å²) >= 11 is 11.2. The van der Waals surface area contributed by atoms with E-state index in [9.17, 15) is 4.57 Å². The first kappa shape index (κ1) is 14.7. The minimum atomic E-state index is -3.20. The molecule has 0 saturated carbocycles. The number of hydrogen-bond donors (Lipinski definition) is 2. The monoisotopic (exact) mass is 292 g/mol. The molecular weight excluding hydrogens is 278 g/mol. The Hall–Kier alpha value is 0.610. The molecule has 0 aromatic heterocycles. The van der Waals surface area contributed by atoms with E-state index in [1.54, 1.807) is 0 Å². The van der Waals surface area contributed by atoms with Gasteiger partial charge in [0.1, 0.15) is 0 Å². The summed E-state index contributed by atoms with van der Waals surface area (Å²) < 4.78 is 19.1. The molecule has 1 aliphatic rings. The summed E-state index contributed by atoms with van der Waals surface area (Å²) in [6.45, 7) is 1.02. The van der Waals surface area contributed by atoms with E-state index in [4.69, 9.17) is 33.0 Å². The molecule has 0 aromatic carbocycles. The van der Waals surface area contributed by atoms with Crippen molar-refractivity contribution in [1.29, 1.82) is 0 Å². The van der Waals surface area contributed by atoms with Crippen LogP contribution >= 0.6 is 30.9 Å². The summed E-state index contributed by atoms with van der Waals surface area (Å²) in [5.41, 5.74) is 0. The number of alkyl halides is 2. The second-order valence-electron chi connectivity index (χ2n) is 3.20. The van der Waals surface area contributed by atoms with Crippen molar-refractivity contribution in [1.82, 2.24) is 9.76 Å². The normalized spacial score (nSPS) is 30.9. The first-order valence-corrected chi connectivity index (χ1v) is 7.51. The van der Waals surface area contributed by atoms with Gasteiger partial charge in [-0.05, 0) is 0 Å². The minimum absolute atomic E-state index is 0.247. The van der Waals surface area contributed by atoms with Crippen molar-refractivity contribution in [2.75, 3.05) is 31.5 Å². The third-order valence-electron chi connectivity index (χ3n) is 2.14. The summed E-state index contributed by atoms with van der Waals surface area (Å²) in [5, 5.41) is 11.2. The van der Waals surface area contributed by atoms with Crippen LogP contribution in [0, 0.1) is 0 Å². The van der Waals surface area contributed by atoms with Crippen molar-refractivity contribution in [3.05, 3.63) is 0 Å². The molecule has 1 saturated heterocycles. The van der Waals surface area contributed by atoms with Crippen LogP contribution in [0.3, 0.4) is 0 Å². The van der Waals surface area contributed by atoms with Gasteiger partial charge in [-0.25, -0.2) is 14.6 Å². The fourth-order valence-electron chi connectivity index (χ4n) is 1.38. The van der Waals surface area contributed by atoms with E-state index in [0.717, 1.165) is 0 Å². The Morgan fingerprint density at radius 1 is 1.50 bits per heavy atom. The topological polar surface area (TPSA) is 71.0 Å². The molecule has 1 fully saturated rings. The van der Waals surface area contributed by atoms with Crippen molar-refractivity contribution >= 4 is 30.9 Å². The molecule has 0 aromatic rings. The Kier molecular flexibility index (Phi) is 6.54. The van der Waals surface area contributed by atoms with E-state index in [1.807, 2.05) is 0 Å². The van der Waals surface area contributed by atoms with Crippen LogP contribution < -0.4 is 5.09 Å². The van der Waals surface area contributed by atoms with E-state index in [2.05, 4.69) is 9.97 Å². The quantitative estimate of drug-likeness (QED) is 0.336. The largest absolute Gasteiger partial charge is 0.345 e. The van der Waals surface area contributed by atoms with Gasteiger partial charge in [-0.15, -0.1) is 23.2 Å². The van der Waals surface area contributed by atoms with E-state index in [-0.39, 0.29) is 6.61 Å². The van der Waals surface area contributed by atoms with Gasteiger partial charge >= 0.3 is 7.67 Å². The summed E-state index contributed by atoms with van der Waals surface area (Å²) in [7, 11) is -3.20. The van der Waals surface area contributed by atoms with Gasteiger partial charge in [0, 0.05) is 31.3 Å². The third-order valence-corrected chi connectivity index (χ3v) is 4.77. The molecule has 16 heavy (non-hydrogen) atoms. The van der Waals surface area contributed by atoms with Crippen molar-refractivity contribution in [2.45, 2.75) is 12.6 Å². The molecule has 6 nitrogen and oxygen atoms in total. The molecule has 0 bridgehead atoms. The molecule has 96 valence electrons. The van der Waals surface area contributed by atoms with Crippen LogP contribution in [0.1, 0.15) is 6.42 Å². The number of nitrogens with zero attached hydrogens (tertiary/aromatic N) is 1. The third kappa shape index (κ3) is 3.82. The molecule has 9 heteroatoms. The van der Waals surface area contributed by atoms with Crippen LogP contribution in [0.5, 0.6) is 0 Å². The molecule has 1 rings (SSSR count). The number of hydrogen-bond acceptors (Lipinski definition) is 4. The molecule has 1 aliphatic heterocycles. The Balaban J connectivity index is 2.67. The molecular formula is C7H15Cl2N2O4P. The molecule has 1 unspecified atom stereocenters. The maximum atomic E-state index is 12.4. The van der Waals surface area contributed by atoms with Crippen molar-refractivity contribution in [2.24, 2.45) is 0 Å². The average Bonchev–Trinajstić information content (AvgIpc) is 2.29. The Labute approximate surface area is 104 Å². The van der Waals surface area contributed by atoms with E-state index in [1.165, 1.54) is 4.67 Å². The van der Waals surface area contributed by atoms with Gasteiger partial charge in [0.15, 0.2) is 6.23 Å². The SMILES string of the molecule is O=P1(N(CCCl)CCCl)N[C@@H](OO)CCO1. The van der Waals surface area contributed by atoms with Crippen LogP contribution in [-0.2, 0) is 14.0 Å². The lowest BCUT2D eigenvalue weighted by Gasteiger charge is -2.35. The van der Waals surface area contributed by atoms with Crippen LogP contribution in [0.2, 0.25) is 0 Å². The van der Waals surface area contributed by atoms with Gasteiger partial charge in [-0.1, -0.05) is 0 Å². The van der Waals surface area contributed by atoms with Crippen LogP contribution in [0.25, 0.3) is 0 Å². The average molecular weight is 293 g/mol. The molecule has 0 amide bonds. The maximum absolute atomic E-state index is 12.4. The molecule has 2 atom stereocenters. The number of nitrogens with one attached hydrogen (secondary N) is 1. The lowest BCUT2D eigenvalue weighted by atomic mass is 10.4. The summed E-state index contributed by atoms with van der Waals surface area (Å²) in [6, 6.07) is 0.